The van der Waals surface area contributed by atoms with Crippen molar-refractivity contribution < 1.29 is 9.84 Å². The Labute approximate surface area is 59.0 Å². The van der Waals surface area contributed by atoms with Crippen LogP contribution in [0.2, 0.25) is 0 Å². The highest BCUT2D eigenvalue weighted by molar-refractivity contribution is 7.80. The van der Waals surface area contributed by atoms with Crippen LogP contribution in [0.5, 0.6) is 0 Å². The minimum absolute atomic E-state index is 0.0487. The molecule has 0 saturated carbocycles. The first-order chi connectivity index (χ1) is 4.16. The maximum atomic E-state index is 8.74. The van der Waals surface area contributed by atoms with Crippen LogP contribution in [0.3, 0.4) is 0 Å². The van der Waals surface area contributed by atoms with E-state index in [1.807, 2.05) is 6.92 Å². The molecule has 0 aromatic rings. The van der Waals surface area contributed by atoms with Gasteiger partial charge in [-0.15, -0.1) is 0 Å². The van der Waals surface area contributed by atoms with Crippen LogP contribution >= 0.6 is 12.2 Å². The number of thiocarbonyl (C=S) groups is 1. The highest BCUT2D eigenvalue weighted by Crippen LogP contribution is 2.09. The summed E-state index contributed by atoms with van der Waals surface area (Å²) in [5.74, 6) is 0. The molecular formula is C5H9NO2S. The predicted molar refractivity (Wildman–Crippen MR) is 37.2 cm³/mol. The molecule has 1 rings (SSSR count). The second kappa shape index (κ2) is 2.11. The number of rotatable bonds is 1. The molecule has 1 atom stereocenters. The van der Waals surface area contributed by atoms with E-state index in [1.54, 1.807) is 0 Å². The average molecular weight is 147 g/mol. The van der Waals surface area contributed by atoms with E-state index in [9.17, 15) is 0 Å². The Kier molecular flexibility index (Phi) is 1.59. The Morgan fingerprint density at radius 2 is 2.67 bits per heavy atom. The molecule has 0 radical (unpaired) electrons. The lowest BCUT2D eigenvalue weighted by atomic mass is 10.1. The van der Waals surface area contributed by atoms with Crippen LogP contribution in [0.4, 0.5) is 0 Å². The lowest BCUT2D eigenvalue weighted by molar-refractivity contribution is 0.169. The van der Waals surface area contributed by atoms with Gasteiger partial charge in [0.15, 0.2) is 0 Å². The number of hydrogen-bond donors (Lipinski definition) is 2. The quantitative estimate of drug-likeness (QED) is 0.497. The van der Waals surface area contributed by atoms with Gasteiger partial charge in [0.05, 0.1) is 12.1 Å². The number of aliphatic hydroxyl groups is 1. The Bertz CT molecular complexity index is 139. The SMILES string of the molecule is CC1(CO)COC(=S)N1. The van der Waals surface area contributed by atoms with Gasteiger partial charge in [0.1, 0.15) is 6.61 Å². The lowest BCUT2D eigenvalue weighted by Gasteiger charge is -2.16. The summed E-state index contributed by atoms with van der Waals surface area (Å²) in [6, 6.07) is 0. The third kappa shape index (κ3) is 1.31. The predicted octanol–water partition coefficient (Wildman–Crippen LogP) is -0.358. The summed E-state index contributed by atoms with van der Waals surface area (Å²) in [6.07, 6.45) is 0. The molecule has 3 nitrogen and oxygen atoms in total. The molecule has 1 fully saturated rings. The van der Waals surface area contributed by atoms with Gasteiger partial charge < -0.3 is 15.2 Å². The van der Waals surface area contributed by atoms with Crippen LogP contribution in [0.15, 0.2) is 0 Å². The summed E-state index contributed by atoms with van der Waals surface area (Å²) in [6.45, 7) is 2.36. The normalized spacial score (nSPS) is 33.8. The van der Waals surface area contributed by atoms with Gasteiger partial charge in [0.25, 0.3) is 5.17 Å². The first-order valence-corrected chi connectivity index (χ1v) is 3.13. The highest BCUT2D eigenvalue weighted by atomic mass is 32.1. The van der Waals surface area contributed by atoms with Crippen LogP contribution in [0, 0.1) is 0 Å². The summed E-state index contributed by atoms with van der Waals surface area (Å²) >= 11 is 4.69. The van der Waals surface area contributed by atoms with Crippen molar-refractivity contribution in [3.63, 3.8) is 0 Å². The maximum Gasteiger partial charge on any atom is 0.257 e. The van der Waals surface area contributed by atoms with E-state index in [0.29, 0.717) is 11.8 Å². The van der Waals surface area contributed by atoms with Gasteiger partial charge in [-0.25, -0.2) is 0 Å². The molecule has 52 valence electrons. The van der Waals surface area contributed by atoms with Gasteiger partial charge in [-0.05, 0) is 19.1 Å². The molecule has 0 spiro atoms. The van der Waals surface area contributed by atoms with Crippen molar-refractivity contribution >= 4 is 17.4 Å². The van der Waals surface area contributed by atoms with Crippen molar-refractivity contribution in [3.05, 3.63) is 0 Å². The highest BCUT2D eigenvalue weighted by Gasteiger charge is 2.31. The van der Waals surface area contributed by atoms with Crippen molar-refractivity contribution in [3.8, 4) is 0 Å². The van der Waals surface area contributed by atoms with Gasteiger partial charge >= 0.3 is 0 Å². The average Bonchev–Trinajstić information content (AvgIpc) is 2.13. The summed E-state index contributed by atoms with van der Waals surface area (Å²) in [4.78, 5) is 0. The van der Waals surface area contributed by atoms with E-state index in [2.05, 4.69) is 17.5 Å². The van der Waals surface area contributed by atoms with Crippen molar-refractivity contribution in [1.29, 1.82) is 0 Å². The molecule has 4 heteroatoms. The molecule has 0 aliphatic carbocycles. The molecule has 1 heterocycles. The van der Waals surface area contributed by atoms with Crippen LogP contribution in [-0.4, -0.2) is 29.0 Å². The van der Waals surface area contributed by atoms with Gasteiger partial charge in [-0.2, -0.15) is 0 Å². The molecule has 1 unspecified atom stereocenters. The van der Waals surface area contributed by atoms with Gasteiger partial charge in [-0.3, -0.25) is 0 Å². The first-order valence-electron chi connectivity index (χ1n) is 2.72. The summed E-state index contributed by atoms with van der Waals surface area (Å²) in [7, 11) is 0. The van der Waals surface area contributed by atoms with E-state index in [1.165, 1.54) is 0 Å². The first kappa shape index (κ1) is 6.77. The minimum Gasteiger partial charge on any atom is -0.468 e. The third-order valence-electron chi connectivity index (χ3n) is 1.27. The van der Waals surface area contributed by atoms with Crippen LogP contribution in [0.25, 0.3) is 0 Å². The zero-order valence-corrected chi connectivity index (χ0v) is 5.99. The molecule has 1 aliphatic rings. The molecule has 1 aliphatic heterocycles. The van der Waals surface area contributed by atoms with Crippen molar-refractivity contribution in [2.75, 3.05) is 13.2 Å². The Balaban J connectivity index is 2.54. The van der Waals surface area contributed by atoms with Crippen molar-refractivity contribution in [2.45, 2.75) is 12.5 Å². The zero-order valence-electron chi connectivity index (χ0n) is 5.18. The van der Waals surface area contributed by atoms with E-state index >= 15 is 0 Å². The number of ether oxygens (including phenoxy) is 1. The Morgan fingerprint density at radius 1 is 2.00 bits per heavy atom. The largest absolute Gasteiger partial charge is 0.468 e. The van der Waals surface area contributed by atoms with Gasteiger partial charge in [0, 0.05) is 0 Å². The smallest absolute Gasteiger partial charge is 0.257 e. The molecular weight excluding hydrogens is 138 g/mol. The topological polar surface area (TPSA) is 41.5 Å². The van der Waals surface area contributed by atoms with Crippen LogP contribution in [0.1, 0.15) is 6.92 Å². The van der Waals surface area contributed by atoms with E-state index < -0.39 is 0 Å². The summed E-state index contributed by atoms with van der Waals surface area (Å²) in [5, 5.41) is 12.0. The molecule has 0 bridgehead atoms. The van der Waals surface area contributed by atoms with Gasteiger partial charge in [0.2, 0.25) is 0 Å². The Morgan fingerprint density at radius 3 is 2.89 bits per heavy atom. The molecule has 0 amide bonds. The second-order valence-electron chi connectivity index (χ2n) is 2.42. The van der Waals surface area contributed by atoms with Crippen LogP contribution in [-0.2, 0) is 4.74 Å². The third-order valence-corrected chi connectivity index (χ3v) is 1.49. The second-order valence-corrected chi connectivity index (χ2v) is 2.79. The van der Waals surface area contributed by atoms with E-state index in [-0.39, 0.29) is 12.1 Å². The fourth-order valence-electron chi connectivity index (χ4n) is 0.629. The lowest BCUT2D eigenvalue weighted by Crippen LogP contribution is -2.43. The molecule has 9 heavy (non-hydrogen) atoms. The van der Waals surface area contributed by atoms with Crippen molar-refractivity contribution in [1.82, 2.24) is 5.32 Å². The van der Waals surface area contributed by atoms with Gasteiger partial charge in [-0.1, -0.05) is 0 Å². The monoisotopic (exact) mass is 147 g/mol. The minimum atomic E-state index is -0.350. The molecule has 0 aromatic carbocycles. The molecule has 0 aromatic heterocycles. The van der Waals surface area contributed by atoms with Crippen LogP contribution < -0.4 is 5.32 Å². The van der Waals surface area contributed by atoms with E-state index in [4.69, 9.17) is 9.84 Å². The summed E-state index contributed by atoms with van der Waals surface area (Å²) < 4.78 is 4.92. The van der Waals surface area contributed by atoms with E-state index in [0.717, 1.165) is 0 Å². The Hall–Kier alpha value is -0.350. The summed E-state index contributed by atoms with van der Waals surface area (Å²) in [5.41, 5.74) is -0.350. The standard InChI is InChI=1S/C5H9NO2S/c1-5(2-7)3-8-4(9)6-5/h7H,2-3H2,1H3,(H,6,9). The fourth-order valence-corrected chi connectivity index (χ4v) is 0.934. The maximum absolute atomic E-state index is 8.74. The number of aliphatic hydroxyl groups excluding tert-OH is 1. The van der Waals surface area contributed by atoms with Crippen molar-refractivity contribution in [2.24, 2.45) is 0 Å². The zero-order chi connectivity index (χ0) is 6.91. The fraction of sp³-hybridized carbons (Fsp3) is 0.800. The molecule has 2 N–H and O–H groups in total. The molecule has 1 saturated heterocycles. The number of nitrogens with one attached hydrogen (secondary N) is 1. The number of hydrogen-bond acceptors (Lipinski definition) is 3.